The number of carbonyl (C=O) groups is 1. The van der Waals surface area contributed by atoms with E-state index in [1.807, 2.05) is 13.0 Å². The molecular weight excluding hydrogens is 419 g/mol. The second kappa shape index (κ2) is 8.76. The smallest absolute Gasteiger partial charge is 0.386 e. The van der Waals surface area contributed by atoms with Gasteiger partial charge >= 0.3 is 6.18 Å². The number of nitrogens with zero attached hydrogens (tertiary/aromatic N) is 3. The minimum Gasteiger partial charge on any atom is -0.386 e. The Balaban J connectivity index is 1.82. The molecule has 1 unspecified atom stereocenters. The number of benzene rings is 1. The summed E-state index contributed by atoms with van der Waals surface area (Å²) in [6, 6.07) is 6.15. The number of aliphatic hydroxyl groups is 1. The van der Waals surface area contributed by atoms with Crippen molar-refractivity contribution in [1.29, 1.82) is 0 Å². The minimum absolute atomic E-state index is 0.0472. The quantitative estimate of drug-likeness (QED) is 0.515. The summed E-state index contributed by atoms with van der Waals surface area (Å²) < 4.78 is 38.6. The third kappa shape index (κ3) is 5.51. The first-order valence-corrected chi connectivity index (χ1v) is 9.65. The Labute approximate surface area is 173 Å². The number of alkyl halides is 3. The molecule has 1 atom stereocenters. The Hall–Kier alpha value is -3.05. The van der Waals surface area contributed by atoms with E-state index in [0.29, 0.717) is 10.7 Å². The summed E-state index contributed by atoms with van der Waals surface area (Å²) >= 11 is 1.25. The minimum atomic E-state index is -4.56. The third-order valence-corrected chi connectivity index (χ3v) is 5.18. The largest absolute Gasteiger partial charge is 0.433 e. The topological polar surface area (TPSA) is 114 Å². The van der Waals surface area contributed by atoms with Crippen LogP contribution in [0.5, 0.6) is 0 Å². The van der Waals surface area contributed by atoms with Crippen LogP contribution in [-0.2, 0) is 11.0 Å². The lowest BCUT2D eigenvalue weighted by molar-refractivity contribution is -0.141. The lowest BCUT2D eigenvalue weighted by Crippen LogP contribution is -2.11. The summed E-state index contributed by atoms with van der Waals surface area (Å²) in [5.41, 5.74) is 6.18. The van der Waals surface area contributed by atoms with Crippen molar-refractivity contribution in [2.75, 3.05) is 5.32 Å². The second-order valence-electron chi connectivity index (χ2n) is 6.56. The maximum absolute atomic E-state index is 12.9. The summed E-state index contributed by atoms with van der Waals surface area (Å²) in [6.45, 7) is 1.84. The van der Waals surface area contributed by atoms with Crippen molar-refractivity contribution >= 4 is 28.9 Å². The molecule has 4 N–H and O–H groups in total. The number of halogens is 3. The van der Waals surface area contributed by atoms with Crippen molar-refractivity contribution in [2.24, 2.45) is 5.73 Å². The van der Waals surface area contributed by atoms with Gasteiger partial charge in [0.2, 0.25) is 11.9 Å². The van der Waals surface area contributed by atoms with E-state index >= 15 is 0 Å². The predicted octanol–water partition coefficient (Wildman–Crippen LogP) is 3.97. The molecule has 3 aromatic rings. The van der Waals surface area contributed by atoms with Crippen LogP contribution in [-0.4, -0.2) is 26.0 Å². The average molecular weight is 437 g/mol. The first-order chi connectivity index (χ1) is 14.1. The van der Waals surface area contributed by atoms with Gasteiger partial charge in [0, 0.05) is 24.5 Å². The molecule has 0 saturated carbocycles. The zero-order chi connectivity index (χ0) is 21.9. The van der Waals surface area contributed by atoms with Gasteiger partial charge < -0.3 is 16.2 Å². The van der Waals surface area contributed by atoms with E-state index in [2.05, 4.69) is 20.3 Å². The number of nitrogens with two attached hydrogens (primary N) is 1. The van der Waals surface area contributed by atoms with Crippen LogP contribution in [0.1, 0.15) is 35.2 Å². The van der Waals surface area contributed by atoms with Gasteiger partial charge in [-0.3, -0.25) is 4.79 Å². The number of hydrogen-bond donors (Lipinski definition) is 3. The number of hydrogen-bond acceptors (Lipinski definition) is 7. The number of aromatic nitrogens is 3. The van der Waals surface area contributed by atoms with E-state index in [0.717, 1.165) is 28.3 Å². The molecule has 0 aliphatic heterocycles. The predicted molar refractivity (Wildman–Crippen MR) is 106 cm³/mol. The van der Waals surface area contributed by atoms with Crippen LogP contribution in [0.3, 0.4) is 0 Å². The summed E-state index contributed by atoms with van der Waals surface area (Å²) in [7, 11) is 0. The SMILES string of the molecule is Cc1cc(Nc2nccc(C(F)(F)F)n2)cc(-c2cnc(C(O)CCC(N)=O)s2)c1. The molecule has 0 bridgehead atoms. The van der Waals surface area contributed by atoms with Crippen molar-refractivity contribution < 1.29 is 23.1 Å². The number of anilines is 2. The summed E-state index contributed by atoms with van der Waals surface area (Å²) in [4.78, 5) is 23.2. The van der Waals surface area contributed by atoms with Crippen LogP contribution < -0.4 is 11.1 Å². The van der Waals surface area contributed by atoms with Crippen molar-refractivity contribution in [3.63, 3.8) is 0 Å². The molecular formula is C19H18F3N5O2S. The molecule has 0 radical (unpaired) electrons. The average Bonchev–Trinajstić information content (AvgIpc) is 3.15. The van der Waals surface area contributed by atoms with Crippen LogP contribution in [0.4, 0.5) is 24.8 Å². The number of nitrogens with one attached hydrogen (secondary N) is 1. The summed E-state index contributed by atoms with van der Waals surface area (Å²) in [5.74, 6) is -0.676. The summed E-state index contributed by atoms with van der Waals surface area (Å²) in [5, 5.41) is 13.4. The van der Waals surface area contributed by atoms with E-state index in [1.54, 1.807) is 18.3 Å². The number of rotatable bonds is 7. The molecule has 2 heterocycles. The number of thiazole rings is 1. The van der Waals surface area contributed by atoms with Gasteiger partial charge in [-0.25, -0.2) is 15.0 Å². The van der Waals surface area contributed by atoms with Gasteiger partial charge in [0.15, 0.2) is 0 Å². The van der Waals surface area contributed by atoms with Crippen LogP contribution >= 0.6 is 11.3 Å². The molecule has 158 valence electrons. The van der Waals surface area contributed by atoms with Gasteiger partial charge in [0.05, 0.1) is 4.88 Å². The lowest BCUT2D eigenvalue weighted by atomic mass is 10.1. The van der Waals surface area contributed by atoms with E-state index in [4.69, 9.17) is 5.73 Å². The van der Waals surface area contributed by atoms with Crippen LogP contribution in [0.2, 0.25) is 0 Å². The monoisotopic (exact) mass is 437 g/mol. The highest BCUT2D eigenvalue weighted by Crippen LogP contribution is 2.33. The van der Waals surface area contributed by atoms with Gasteiger partial charge in [0.25, 0.3) is 0 Å². The van der Waals surface area contributed by atoms with Crippen molar-refractivity contribution in [1.82, 2.24) is 15.0 Å². The molecule has 1 amide bonds. The van der Waals surface area contributed by atoms with Crippen LogP contribution in [0.15, 0.2) is 36.7 Å². The van der Waals surface area contributed by atoms with Crippen molar-refractivity contribution in [2.45, 2.75) is 32.0 Å². The number of aliphatic hydroxyl groups excluding tert-OH is 1. The van der Waals surface area contributed by atoms with Crippen LogP contribution in [0.25, 0.3) is 10.4 Å². The highest BCUT2D eigenvalue weighted by Gasteiger charge is 2.32. The number of amides is 1. The molecule has 0 fully saturated rings. The Morgan fingerprint density at radius 3 is 2.77 bits per heavy atom. The molecule has 30 heavy (non-hydrogen) atoms. The summed E-state index contributed by atoms with van der Waals surface area (Å²) in [6.07, 6.45) is -2.62. The van der Waals surface area contributed by atoms with Crippen LogP contribution in [0, 0.1) is 6.92 Å². The van der Waals surface area contributed by atoms with E-state index in [9.17, 15) is 23.1 Å². The van der Waals surface area contributed by atoms with E-state index < -0.39 is 23.9 Å². The molecule has 3 rings (SSSR count). The fraction of sp³-hybridized carbons (Fsp3) is 0.263. The highest BCUT2D eigenvalue weighted by molar-refractivity contribution is 7.15. The van der Waals surface area contributed by atoms with E-state index in [-0.39, 0.29) is 18.8 Å². The van der Waals surface area contributed by atoms with Crippen molar-refractivity contribution in [3.8, 4) is 10.4 Å². The third-order valence-electron chi connectivity index (χ3n) is 4.04. The number of primary amides is 1. The Bertz CT molecular complexity index is 1050. The van der Waals surface area contributed by atoms with Gasteiger partial charge in [-0.05, 0) is 42.7 Å². The first kappa shape index (κ1) is 21.7. The Morgan fingerprint density at radius 1 is 1.30 bits per heavy atom. The Morgan fingerprint density at radius 2 is 2.07 bits per heavy atom. The molecule has 0 aliphatic carbocycles. The molecule has 11 heteroatoms. The number of aryl methyl sites for hydroxylation is 1. The molecule has 0 spiro atoms. The molecule has 7 nitrogen and oxygen atoms in total. The zero-order valence-corrected chi connectivity index (χ0v) is 16.6. The Kier molecular flexibility index (Phi) is 6.32. The van der Waals surface area contributed by atoms with Crippen molar-refractivity contribution in [3.05, 3.63) is 52.9 Å². The molecule has 2 aromatic heterocycles. The number of carbonyl (C=O) groups excluding carboxylic acids is 1. The second-order valence-corrected chi connectivity index (χ2v) is 7.62. The van der Waals surface area contributed by atoms with Gasteiger partial charge in [-0.15, -0.1) is 11.3 Å². The lowest BCUT2D eigenvalue weighted by Gasteiger charge is -2.10. The van der Waals surface area contributed by atoms with Gasteiger partial charge in [-0.1, -0.05) is 6.07 Å². The molecule has 0 aliphatic rings. The van der Waals surface area contributed by atoms with Gasteiger partial charge in [0.1, 0.15) is 16.8 Å². The molecule has 0 saturated heterocycles. The standard InChI is InChI=1S/C19H18F3N5O2S/c1-10-6-11(14-9-25-17(30-14)13(28)2-3-16(23)29)8-12(7-10)26-18-24-5-4-15(27-18)19(20,21)22/h4-9,13,28H,2-3H2,1H3,(H2,23,29)(H,24,26,27). The fourth-order valence-electron chi connectivity index (χ4n) is 2.68. The normalized spacial score (nSPS) is 12.6. The molecule has 1 aromatic carbocycles. The highest BCUT2D eigenvalue weighted by atomic mass is 32.1. The maximum atomic E-state index is 12.9. The van der Waals surface area contributed by atoms with E-state index in [1.165, 1.54) is 11.3 Å². The fourth-order valence-corrected chi connectivity index (χ4v) is 3.61. The van der Waals surface area contributed by atoms with Gasteiger partial charge in [-0.2, -0.15) is 13.2 Å². The maximum Gasteiger partial charge on any atom is 0.433 e. The zero-order valence-electron chi connectivity index (χ0n) is 15.8. The first-order valence-electron chi connectivity index (χ1n) is 8.83.